The smallest absolute Gasteiger partial charge is 0.0805 e. The van der Waals surface area contributed by atoms with Crippen LogP contribution in [0.1, 0.15) is 22.0 Å². The second kappa shape index (κ2) is 5.63. The average molecular weight is 376 g/mol. The van der Waals surface area contributed by atoms with E-state index >= 15 is 0 Å². The highest BCUT2D eigenvalue weighted by atomic mass is 79.9. The van der Waals surface area contributed by atoms with Gasteiger partial charge < -0.3 is 0 Å². The van der Waals surface area contributed by atoms with E-state index in [1.807, 2.05) is 6.07 Å². The summed E-state index contributed by atoms with van der Waals surface area (Å²) in [4.78, 5) is 1.25. The van der Waals surface area contributed by atoms with Crippen molar-refractivity contribution in [1.82, 2.24) is 5.43 Å². The van der Waals surface area contributed by atoms with Crippen molar-refractivity contribution >= 4 is 43.2 Å². The van der Waals surface area contributed by atoms with E-state index in [0.717, 1.165) is 14.5 Å². The molecule has 2 rings (SSSR count). The van der Waals surface area contributed by atoms with Crippen LogP contribution < -0.4 is 11.3 Å². The molecule has 0 saturated heterocycles. The lowest BCUT2D eigenvalue weighted by Crippen LogP contribution is -2.28. The van der Waals surface area contributed by atoms with Crippen molar-refractivity contribution in [3.8, 4) is 0 Å². The fraction of sp³-hybridized carbons (Fsp3) is 0.167. The molecule has 0 radical (unpaired) electrons. The number of hydrazine groups is 1. The van der Waals surface area contributed by atoms with Gasteiger partial charge in [-0.2, -0.15) is 0 Å². The summed E-state index contributed by atoms with van der Waals surface area (Å²) >= 11 is 8.71. The Hall–Kier alpha value is -0.200. The molecule has 0 amide bonds. The quantitative estimate of drug-likeness (QED) is 0.625. The number of hydrogen-bond donors (Lipinski definition) is 2. The van der Waals surface area contributed by atoms with Crippen molar-refractivity contribution in [3.05, 3.63) is 54.6 Å². The molecule has 0 saturated carbocycles. The lowest BCUT2D eigenvalue weighted by atomic mass is 10.0. The molecule has 90 valence electrons. The Bertz CT molecular complexity index is 505. The van der Waals surface area contributed by atoms with Gasteiger partial charge in [-0.3, -0.25) is 5.84 Å². The van der Waals surface area contributed by atoms with Crippen LogP contribution in [0.25, 0.3) is 0 Å². The van der Waals surface area contributed by atoms with Crippen molar-refractivity contribution in [2.45, 2.75) is 13.0 Å². The Balaban J connectivity index is 2.45. The second-order valence-electron chi connectivity index (χ2n) is 3.77. The van der Waals surface area contributed by atoms with E-state index in [-0.39, 0.29) is 6.04 Å². The van der Waals surface area contributed by atoms with Gasteiger partial charge in [-0.1, -0.05) is 31.9 Å². The summed E-state index contributed by atoms with van der Waals surface area (Å²) in [5.74, 6) is 5.69. The van der Waals surface area contributed by atoms with Crippen LogP contribution in [0, 0.1) is 6.92 Å². The van der Waals surface area contributed by atoms with Gasteiger partial charge in [0.1, 0.15) is 0 Å². The highest BCUT2D eigenvalue weighted by molar-refractivity contribution is 9.11. The summed E-state index contributed by atoms with van der Waals surface area (Å²) in [7, 11) is 0. The van der Waals surface area contributed by atoms with E-state index < -0.39 is 0 Å². The fourth-order valence-corrected chi connectivity index (χ4v) is 4.09. The molecule has 17 heavy (non-hydrogen) atoms. The molecule has 1 unspecified atom stereocenters. The summed E-state index contributed by atoms with van der Waals surface area (Å²) < 4.78 is 2.08. The first-order valence-electron chi connectivity index (χ1n) is 5.08. The molecule has 0 aliphatic carbocycles. The number of aryl methyl sites for hydroxylation is 1. The van der Waals surface area contributed by atoms with E-state index in [9.17, 15) is 0 Å². The molecule has 2 nitrogen and oxygen atoms in total. The Morgan fingerprint density at radius 2 is 1.88 bits per heavy atom. The molecule has 0 aliphatic heterocycles. The first-order valence-corrected chi connectivity index (χ1v) is 7.54. The summed E-state index contributed by atoms with van der Waals surface area (Å²) in [6, 6.07) is 8.31. The first-order chi connectivity index (χ1) is 8.11. The Morgan fingerprint density at radius 1 is 1.24 bits per heavy atom. The molecule has 1 heterocycles. The highest BCUT2D eigenvalue weighted by Gasteiger charge is 2.16. The molecule has 1 aromatic carbocycles. The number of rotatable bonds is 3. The number of halogens is 2. The molecule has 0 spiro atoms. The maximum absolute atomic E-state index is 5.69. The third kappa shape index (κ3) is 2.98. The third-order valence-electron chi connectivity index (χ3n) is 2.55. The van der Waals surface area contributed by atoms with Crippen LogP contribution in [0.3, 0.4) is 0 Å². The van der Waals surface area contributed by atoms with E-state index in [1.54, 1.807) is 11.3 Å². The lowest BCUT2D eigenvalue weighted by molar-refractivity contribution is 0.643. The molecule has 0 fully saturated rings. The van der Waals surface area contributed by atoms with Crippen LogP contribution >= 0.6 is 43.2 Å². The maximum atomic E-state index is 5.69. The van der Waals surface area contributed by atoms with Gasteiger partial charge in [0, 0.05) is 13.8 Å². The zero-order valence-electron chi connectivity index (χ0n) is 9.21. The van der Waals surface area contributed by atoms with Gasteiger partial charge in [0.15, 0.2) is 0 Å². The predicted molar refractivity (Wildman–Crippen MR) is 80.1 cm³/mol. The van der Waals surface area contributed by atoms with Crippen LogP contribution in [0.4, 0.5) is 0 Å². The van der Waals surface area contributed by atoms with Crippen molar-refractivity contribution in [1.29, 1.82) is 0 Å². The van der Waals surface area contributed by atoms with Crippen LogP contribution in [0.2, 0.25) is 0 Å². The van der Waals surface area contributed by atoms with Gasteiger partial charge in [0.25, 0.3) is 0 Å². The summed E-state index contributed by atoms with van der Waals surface area (Å²) in [5.41, 5.74) is 5.28. The SMILES string of the molecule is Cc1ccsc1C(NN)c1cc(Br)cc(Br)c1. The average Bonchev–Trinajstić information content (AvgIpc) is 2.65. The van der Waals surface area contributed by atoms with Crippen LogP contribution in [0.5, 0.6) is 0 Å². The summed E-state index contributed by atoms with van der Waals surface area (Å²) in [6.07, 6.45) is 0. The van der Waals surface area contributed by atoms with Crippen molar-refractivity contribution in [3.63, 3.8) is 0 Å². The minimum Gasteiger partial charge on any atom is -0.271 e. The van der Waals surface area contributed by atoms with Crippen LogP contribution in [-0.4, -0.2) is 0 Å². The number of nitrogens with two attached hydrogens (primary N) is 1. The molecule has 3 N–H and O–H groups in total. The molecule has 0 aliphatic rings. The van der Waals surface area contributed by atoms with E-state index in [4.69, 9.17) is 5.84 Å². The number of hydrogen-bond acceptors (Lipinski definition) is 3. The van der Waals surface area contributed by atoms with Gasteiger partial charge in [0.2, 0.25) is 0 Å². The Labute approximate surface area is 121 Å². The van der Waals surface area contributed by atoms with Gasteiger partial charge in [-0.25, -0.2) is 5.43 Å². The van der Waals surface area contributed by atoms with E-state index in [1.165, 1.54) is 10.4 Å². The van der Waals surface area contributed by atoms with Crippen LogP contribution in [-0.2, 0) is 0 Å². The van der Waals surface area contributed by atoms with E-state index in [2.05, 4.69) is 67.8 Å². The molecular weight excluding hydrogens is 364 g/mol. The minimum absolute atomic E-state index is 0.0313. The molecular formula is C12H12Br2N2S. The standard InChI is InChI=1S/C12H12Br2N2S/c1-7-2-3-17-12(7)11(16-15)8-4-9(13)6-10(14)5-8/h2-6,11,16H,15H2,1H3. The molecule has 1 atom stereocenters. The Kier molecular flexibility index (Phi) is 4.38. The van der Waals surface area contributed by atoms with Gasteiger partial charge >= 0.3 is 0 Å². The molecule has 0 bridgehead atoms. The highest BCUT2D eigenvalue weighted by Crippen LogP contribution is 2.32. The molecule has 5 heteroatoms. The third-order valence-corrected chi connectivity index (χ3v) is 4.55. The second-order valence-corrected chi connectivity index (χ2v) is 6.55. The predicted octanol–water partition coefficient (Wildman–Crippen LogP) is 4.13. The fourth-order valence-electron chi connectivity index (χ4n) is 1.75. The number of nitrogens with one attached hydrogen (secondary N) is 1. The van der Waals surface area contributed by atoms with Gasteiger partial charge in [-0.15, -0.1) is 11.3 Å². The molecule has 2 aromatic rings. The first kappa shape index (κ1) is 13.2. The number of thiophene rings is 1. The lowest BCUT2D eigenvalue weighted by Gasteiger charge is -2.17. The topological polar surface area (TPSA) is 38.0 Å². The zero-order chi connectivity index (χ0) is 12.4. The Morgan fingerprint density at radius 3 is 2.35 bits per heavy atom. The zero-order valence-corrected chi connectivity index (χ0v) is 13.2. The minimum atomic E-state index is 0.0313. The summed E-state index contributed by atoms with van der Waals surface area (Å²) in [5, 5.41) is 2.09. The number of benzene rings is 1. The maximum Gasteiger partial charge on any atom is 0.0805 e. The normalized spacial score (nSPS) is 12.7. The van der Waals surface area contributed by atoms with E-state index in [0.29, 0.717) is 0 Å². The van der Waals surface area contributed by atoms with Gasteiger partial charge in [-0.05, 0) is 47.7 Å². The molecule has 1 aromatic heterocycles. The van der Waals surface area contributed by atoms with Crippen molar-refractivity contribution < 1.29 is 0 Å². The van der Waals surface area contributed by atoms with Crippen molar-refractivity contribution in [2.24, 2.45) is 5.84 Å². The monoisotopic (exact) mass is 374 g/mol. The van der Waals surface area contributed by atoms with Crippen LogP contribution in [0.15, 0.2) is 38.6 Å². The summed E-state index contributed by atoms with van der Waals surface area (Å²) in [6.45, 7) is 2.10. The van der Waals surface area contributed by atoms with Gasteiger partial charge in [0.05, 0.1) is 6.04 Å². The largest absolute Gasteiger partial charge is 0.271 e. The van der Waals surface area contributed by atoms with Crippen molar-refractivity contribution in [2.75, 3.05) is 0 Å².